The Morgan fingerprint density at radius 2 is 1.71 bits per heavy atom. The number of anilines is 1. The third-order valence-electron chi connectivity index (χ3n) is 7.73. The number of aromatic amines is 1. The number of esters is 1. The Labute approximate surface area is 217 Å². The molecule has 7 rings (SSSR count). The van der Waals surface area contributed by atoms with Gasteiger partial charge in [0.1, 0.15) is 0 Å². The average Bonchev–Trinajstić information content (AvgIpc) is 3.66. The first-order valence-electron chi connectivity index (χ1n) is 12.3. The molecular formula is C28H25N3O7. The molecule has 0 spiro atoms. The number of nitrogens with one attached hydrogen (secondary N) is 2. The van der Waals surface area contributed by atoms with E-state index in [1.165, 1.54) is 14.2 Å². The van der Waals surface area contributed by atoms with Crippen LogP contribution >= 0.6 is 0 Å². The number of rotatable bonds is 5. The van der Waals surface area contributed by atoms with Crippen LogP contribution < -0.4 is 24.3 Å². The second kappa shape index (κ2) is 8.47. The van der Waals surface area contributed by atoms with Gasteiger partial charge in [0.2, 0.25) is 18.5 Å². The molecule has 10 nitrogen and oxygen atoms in total. The minimum Gasteiger partial charge on any atom is -0.502 e. The van der Waals surface area contributed by atoms with Gasteiger partial charge in [-0.05, 0) is 53.1 Å². The zero-order valence-electron chi connectivity index (χ0n) is 20.7. The summed E-state index contributed by atoms with van der Waals surface area (Å²) in [6.07, 6.45) is 0. The van der Waals surface area contributed by atoms with E-state index in [1.54, 1.807) is 12.1 Å². The monoisotopic (exact) mass is 515 g/mol. The third kappa shape index (κ3) is 3.33. The number of imidazole rings is 1. The van der Waals surface area contributed by atoms with Gasteiger partial charge in [0.25, 0.3) is 0 Å². The summed E-state index contributed by atoms with van der Waals surface area (Å²) in [6.45, 7) is 0.373. The van der Waals surface area contributed by atoms with Crippen molar-refractivity contribution in [3.05, 3.63) is 65.2 Å². The number of carbonyl (C=O) groups excluding carboxylic acids is 1. The van der Waals surface area contributed by atoms with Crippen LogP contribution in [0.2, 0.25) is 0 Å². The quantitative estimate of drug-likeness (QED) is 0.337. The molecule has 1 aromatic heterocycles. The number of nitrogens with zero attached hydrogens (tertiary/aromatic N) is 1. The summed E-state index contributed by atoms with van der Waals surface area (Å²) in [4.78, 5) is 21.3. The standard InChI is InChI=1S/C28H25N3O7/c1-34-21-7-13(8-22(35-2)26(21)32)23-14-9-19-20(38-12-37-19)10-15(14)25(16-11-36-27(33)24(16)23)31-28-29-17-5-3-4-6-18(17)30-28/h3-10,16,23-25,32H,11-12H2,1-2H3,(H2,29,30,31)/t16-,23+,24-,25+/m0/s1. The van der Waals surface area contributed by atoms with E-state index in [1.807, 2.05) is 36.4 Å². The number of benzene rings is 3. The van der Waals surface area contributed by atoms with Gasteiger partial charge in [-0.15, -0.1) is 0 Å². The number of phenols is 1. The Balaban J connectivity index is 1.41. The Hall–Kier alpha value is -4.60. The van der Waals surface area contributed by atoms with E-state index in [9.17, 15) is 9.90 Å². The lowest BCUT2D eigenvalue weighted by Gasteiger charge is -2.39. The van der Waals surface area contributed by atoms with E-state index in [4.69, 9.17) is 28.7 Å². The maximum absolute atomic E-state index is 13.3. The lowest BCUT2D eigenvalue weighted by Crippen LogP contribution is -2.37. The van der Waals surface area contributed by atoms with Crippen molar-refractivity contribution in [1.82, 2.24) is 9.97 Å². The highest BCUT2D eigenvalue weighted by Gasteiger charge is 2.53. The summed E-state index contributed by atoms with van der Waals surface area (Å²) in [5.74, 6) is 0.853. The molecule has 3 aliphatic rings. The fourth-order valence-corrected chi connectivity index (χ4v) is 6.01. The highest BCUT2D eigenvalue weighted by molar-refractivity contribution is 5.80. The van der Waals surface area contributed by atoms with E-state index in [2.05, 4.69) is 10.3 Å². The molecule has 2 aliphatic heterocycles. The van der Waals surface area contributed by atoms with Crippen LogP contribution in [0.1, 0.15) is 28.7 Å². The lowest BCUT2D eigenvalue weighted by atomic mass is 9.65. The molecule has 4 aromatic rings. The zero-order chi connectivity index (χ0) is 26.0. The van der Waals surface area contributed by atoms with Crippen LogP contribution in [0.5, 0.6) is 28.7 Å². The highest BCUT2D eigenvalue weighted by atomic mass is 16.7. The van der Waals surface area contributed by atoms with Crippen molar-refractivity contribution in [3.8, 4) is 28.7 Å². The van der Waals surface area contributed by atoms with Crippen LogP contribution in [0.25, 0.3) is 11.0 Å². The number of phenolic OH excluding ortho intramolecular Hbond substituents is 1. The van der Waals surface area contributed by atoms with E-state index < -0.39 is 11.8 Å². The number of para-hydroxylation sites is 2. The molecule has 1 aliphatic carbocycles. The number of cyclic esters (lactones) is 1. The van der Waals surface area contributed by atoms with E-state index >= 15 is 0 Å². The normalized spacial score (nSPS) is 23.1. The molecule has 1 saturated heterocycles. The van der Waals surface area contributed by atoms with E-state index in [0.717, 1.165) is 27.7 Å². The number of hydrogen-bond donors (Lipinski definition) is 3. The van der Waals surface area contributed by atoms with Crippen molar-refractivity contribution in [1.29, 1.82) is 0 Å². The predicted octanol–water partition coefficient (Wildman–Crippen LogP) is 4.10. The maximum atomic E-state index is 13.3. The first kappa shape index (κ1) is 22.6. The first-order valence-corrected chi connectivity index (χ1v) is 12.3. The van der Waals surface area contributed by atoms with Crippen molar-refractivity contribution in [2.45, 2.75) is 12.0 Å². The first-order chi connectivity index (χ1) is 18.6. The number of H-pyrrole nitrogens is 1. The zero-order valence-corrected chi connectivity index (χ0v) is 20.7. The fraction of sp³-hybridized carbons (Fsp3) is 0.286. The molecule has 0 radical (unpaired) electrons. The van der Waals surface area contributed by atoms with Gasteiger partial charge in [-0.25, -0.2) is 4.98 Å². The second-order valence-corrected chi connectivity index (χ2v) is 9.63. The van der Waals surface area contributed by atoms with Crippen LogP contribution in [0.4, 0.5) is 5.95 Å². The number of aromatic nitrogens is 2. The van der Waals surface area contributed by atoms with Crippen LogP contribution in [0.3, 0.4) is 0 Å². The SMILES string of the molecule is COc1cc([C@@H]2c3cc4c(cc3[C@@H](Nc3nc5ccccc5[nH]3)[C@H]3COC(=O)[C@H]23)OCO4)cc(OC)c1O. The molecule has 0 bridgehead atoms. The van der Waals surface area contributed by atoms with Crippen LogP contribution in [0, 0.1) is 11.8 Å². The van der Waals surface area contributed by atoms with Gasteiger partial charge in [-0.3, -0.25) is 4.79 Å². The number of ether oxygens (including phenoxy) is 5. The number of fused-ring (bicyclic) bond motifs is 4. The number of carbonyl (C=O) groups is 1. The summed E-state index contributed by atoms with van der Waals surface area (Å²) in [6, 6.07) is 14.9. The van der Waals surface area contributed by atoms with Gasteiger partial charge >= 0.3 is 5.97 Å². The molecule has 0 saturated carbocycles. The van der Waals surface area contributed by atoms with Crippen LogP contribution in [-0.2, 0) is 9.53 Å². The third-order valence-corrected chi connectivity index (χ3v) is 7.73. The molecule has 1 fully saturated rings. The summed E-state index contributed by atoms with van der Waals surface area (Å²) in [7, 11) is 2.95. The van der Waals surface area contributed by atoms with Crippen molar-refractivity contribution in [2.75, 3.05) is 32.9 Å². The molecule has 3 heterocycles. The lowest BCUT2D eigenvalue weighted by molar-refractivity contribution is -0.141. The van der Waals surface area contributed by atoms with E-state index in [-0.39, 0.29) is 48.6 Å². The largest absolute Gasteiger partial charge is 0.502 e. The molecular weight excluding hydrogens is 490 g/mol. The van der Waals surface area contributed by atoms with E-state index in [0.29, 0.717) is 17.4 Å². The minimum atomic E-state index is -0.510. The van der Waals surface area contributed by atoms with Crippen LogP contribution in [-0.4, -0.2) is 48.7 Å². The van der Waals surface area contributed by atoms with Gasteiger partial charge < -0.3 is 39.1 Å². The molecule has 194 valence electrons. The van der Waals surface area contributed by atoms with Gasteiger partial charge in [0, 0.05) is 11.8 Å². The molecule has 10 heteroatoms. The Morgan fingerprint density at radius 3 is 2.42 bits per heavy atom. The Kier molecular flexibility index (Phi) is 5.04. The van der Waals surface area contributed by atoms with Crippen molar-refractivity contribution < 1.29 is 33.6 Å². The molecule has 38 heavy (non-hydrogen) atoms. The van der Waals surface area contributed by atoms with Crippen LogP contribution in [0.15, 0.2) is 48.5 Å². The summed E-state index contributed by atoms with van der Waals surface area (Å²) < 4.78 is 28.0. The topological polar surface area (TPSA) is 124 Å². The molecule has 3 N–H and O–H groups in total. The summed E-state index contributed by atoms with van der Waals surface area (Å²) in [5, 5.41) is 14.1. The highest BCUT2D eigenvalue weighted by Crippen LogP contribution is 2.56. The van der Waals surface area contributed by atoms with Gasteiger partial charge in [-0.2, -0.15) is 0 Å². The summed E-state index contributed by atoms with van der Waals surface area (Å²) in [5.41, 5.74) is 4.34. The maximum Gasteiger partial charge on any atom is 0.310 e. The van der Waals surface area contributed by atoms with Gasteiger partial charge in [0.05, 0.1) is 43.8 Å². The fourth-order valence-electron chi connectivity index (χ4n) is 6.01. The van der Waals surface area contributed by atoms with Gasteiger partial charge in [-0.1, -0.05) is 12.1 Å². The molecule has 3 aromatic carbocycles. The van der Waals surface area contributed by atoms with Crippen molar-refractivity contribution in [2.24, 2.45) is 11.8 Å². The minimum absolute atomic E-state index is 0.101. The van der Waals surface area contributed by atoms with Crippen molar-refractivity contribution >= 4 is 23.0 Å². The second-order valence-electron chi connectivity index (χ2n) is 9.63. The predicted molar refractivity (Wildman–Crippen MR) is 136 cm³/mol. The molecule has 0 amide bonds. The number of aromatic hydroxyl groups is 1. The van der Waals surface area contributed by atoms with Crippen molar-refractivity contribution in [3.63, 3.8) is 0 Å². The Bertz CT molecular complexity index is 1520. The number of hydrogen-bond acceptors (Lipinski definition) is 9. The van der Waals surface area contributed by atoms with Gasteiger partial charge in [0.15, 0.2) is 23.0 Å². The molecule has 4 atom stereocenters. The average molecular weight is 516 g/mol. The Morgan fingerprint density at radius 1 is 1.00 bits per heavy atom. The summed E-state index contributed by atoms with van der Waals surface area (Å²) >= 11 is 0. The molecule has 0 unspecified atom stereocenters. The number of methoxy groups -OCH3 is 2. The smallest absolute Gasteiger partial charge is 0.310 e.